The molecular formula is C26H38N2O3. The number of carbonyl (C=O) groups excluding carboxylic acids is 2. The van der Waals surface area contributed by atoms with Crippen molar-refractivity contribution in [1.29, 1.82) is 0 Å². The molecule has 0 aromatic heterocycles. The third kappa shape index (κ3) is 16.8. The highest BCUT2D eigenvalue weighted by Crippen LogP contribution is 2.03. The Morgan fingerprint density at radius 3 is 1.81 bits per heavy atom. The zero-order valence-electron chi connectivity index (χ0n) is 18.8. The summed E-state index contributed by atoms with van der Waals surface area (Å²) in [4.78, 5) is 27.7. The molecular weight excluding hydrogens is 388 g/mol. The van der Waals surface area contributed by atoms with E-state index in [0.29, 0.717) is 25.8 Å². The van der Waals surface area contributed by atoms with Crippen molar-refractivity contribution in [3.05, 3.63) is 72.9 Å². The number of rotatable bonds is 16. The van der Waals surface area contributed by atoms with Crippen LogP contribution in [0.15, 0.2) is 72.9 Å². The third-order valence-electron chi connectivity index (χ3n) is 4.41. The third-order valence-corrected chi connectivity index (χ3v) is 4.41. The molecule has 1 atom stereocenters. The van der Waals surface area contributed by atoms with Gasteiger partial charge >= 0.3 is 0 Å². The van der Waals surface area contributed by atoms with Gasteiger partial charge in [-0.25, -0.2) is 5.48 Å². The van der Waals surface area contributed by atoms with E-state index in [4.69, 9.17) is 4.84 Å². The lowest BCUT2D eigenvalue weighted by atomic mass is 10.2. The Hall–Kier alpha value is -2.66. The molecule has 1 rings (SSSR count). The summed E-state index contributed by atoms with van der Waals surface area (Å²) < 4.78 is 0. The largest absolute Gasteiger partial charge is 0.353 e. The molecule has 2 amide bonds. The summed E-state index contributed by atoms with van der Waals surface area (Å²) in [7, 11) is 0. The lowest BCUT2D eigenvalue weighted by Gasteiger charge is -2.08. The highest BCUT2D eigenvalue weighted by atomic mass is 16.7. The van der Waals surface area contributed by atoms with Crippen molar-refractivity contribution in [3.8, 4) is 0 Å². The molecule has 5 heteroatoms. The van der Waals surface area contributed by atoms with Gasteiger partial charge in [0.1, 0.15) is 6.10 Å². The van der Waals surface area contributed by atoms with Gasteiger partial charge in [0, 0.05) is 13.0 Å². The molecule has 0 bridgehead atoms. The van der Waals surface area contributed by atoms with Crippen LogP contribution in [0.1, 0.15) is 64.7 Å². The predicted molar refractivity (Wildman–Crippen MR) is 128 cm³/mol. The highest BCUT2D eigenvalue weighted by Gasteiger charge is 2.22. The number of carbonyl (C=O) groups is 2. The van der Waals surface area contributed by atoms with Crippen molar-refractivity contribution in [2.75, 3.05) is 6.54 Å². The quantitative estimate of drug-likeness (QED) is 0.325. The molecule has 0 saturated carbocycles. The van der Waals surface area contributed by atoms with Gasteiger partial charge in [-0.3, -0.25) is 14.4 Å². The molecule has 31 heavy (non-hydrogen) atoms. The number of allylic oxidation sites excluding steroid dienone is 12. The van der Waals surface area contributed by atoms with E-state index in [1.54, 1.807) is 0 Å². The van der Waals surface area contributed by atoms with E-state index in [2.05, 4.69) is 84.6 Å². The maximum absolute atomic E-state index is 11.7. The van der Waals surface area contributed by atoms with Crippen LogP contribution in [-0.4, -0.2) is 24.5 Å². The minimum atomic E-state index is -0.262. The first kappa shape index (κ1) is 26.4. The molecule has 1 fully saturated rings. The number of hydroxylamine groups is 1. The van der Waals surface area contributed by atoms with Crippen LogP contribution in [0.25, 0.3) is 0 Å². The van der Waals surface area contributed by atoms with Crippen LogP contribution in [0, 0.1) is 0 Å². The van der Waals surface area contributed by atoms with Gasteiger partial charge in [0.2, 0.25) is 11.8 Å². The van der Waals surface area contributed by atoms with E-state index in [9.17, 15) is 9.59 Å². The Kier molecular flexibility index (Phi) is 16.4. The van der Waals surface area contributed by atoms with E-state index >= 15 is 0 Å². The number of amides is 2. The standard InChI is InChI=1S/C26H38N2O3/c1-2-3-4-5-6-7-8-9-10-11-12-13-14-15-16-17-18-19-20-21-25(29)27-23-24-22-26(30)28-31-24/h3-4,6-7,9-10,12-13,15-16,18-19,24H,2,5,8,11,14,17,20-23H2,1H3,(H,27,29)(H,28,30)/b4-3+,7-6+,10-9+,13-12+,16-15+,19-18+. The Morgan fingerprint density at radius 2 is 1.35 bits per heavy atom. The second-order valence-corrected chi connectivity index (χ2v) is 7.23. The average Bonchev–Trinajstić information content (AvgIpc) is 3.19. The summed E-state index contributed by atoms with van der Waals surface area (Å²) in [5.74, 6) is -0.167. The SMILES string of the molecule is CC/C=C/C/C=C/C/C=C/C/C=C/C/C=C/C/C=C/CCC(=O)NCC1CC(=O)NO1. The Labute approximate surface area is 187 Å². The molecule has 1 heterocycles. The van der Waals surface area contributed by atoms with Gasteiger partial charge in [-0.05, 0) is 44.9 Å². The molecule has 0 spiro atoms. The van der Waals surface area contributed by atoms with E-state index in [0.717, 1.165) is 38.5 Å². The summed E-state index contributed by atoms with van der Waals surface area (Å²) in [6.07, 6.45) is 33.0. The lowest BCUT2D eigenvalue weighted by molar-refractivity contribution is -0.124. The smallest absolute Gasteiger partial charge is 0.246 e. The summed E-state index contributed by atoms with van der Waals surface area (Å²) in [5, 5.41) is 2.78. The topological polar surface area (TPSA) is 67.4 Å². The molecule has 5 nitrogen and oxygen atoms in total. The second-order valence-electron chi connectivity index (χ2n) is 7.23. The number of hydrogen-bond acceptors (Lipinski definition) is 3. The Morgan fingerprint density at radius 1 is 0.871 bits per heavy atom. The summed E-state index contributed by atoms with van der Waals surface area (Å²) in [6, 6.07) is 0. The van der Waals surface area contributed by atoms with Gasteiger partial charge < -0.3 is 5.32 Å². The minimum absolute atomic E-state index is 0.0255. The van der Waals surface area contributed by atoms with Crippen LogP contribution >= 0.6 is 0 Å². The van der Waals surface area contributed by atoms with Gasteiger partial charge in [-0.15, -0.1) is 0 Å². The zero-order valence-corrected chi connectivity index (χ0v) is 18.8. The average molecular weight is 427 g/mol. The van der Waals surface area contributed by atoms with Gasteiger partial charge in [-0.1, -0.05) is 79.8 Å². The molecule has 1 unspecified atom stereocenters. The van der Waals surface area contributed by atoms with Gasteiger partial charge in [0.05, 0.1) is 6.42 Å². The predicted octanol–water partition coefficient (Wildman–Crippen LogP) is 5.40. The van der Waals surface area contributed by atoms with Crippen LogP contribution in [0.3, 0.4) is 0 Å². The van der Waals surface area contributed by atoms with Gasteiger partial charge in [0.15, 0.2) is 0 Å². The van der Waals surface area contributed by atoms with Gasteiger partial charge in [-0.2, -0.15) is 0 Å². The minimum Gasteiger partial charge on any atom is -0.353 e. The zero-order chi connectivity index (χ0) is 22.4. The Balaban J connectivity index is 1.94. The lowest BCUT2D eigenvalue weighted by Crippen LogP contribution is -2.32. The molecule has 0 aliphatic carbocycles. The molecule has 170 valence electrons. The summed E-state index contributed by atoms with van der Waals surface area (Å²) >= 11 is 0. The van der Waals surface area contributed by atoms with Crippen LogP contribution in [0.4, 0.5) is 0 Å². The van der Waals surface area contributed by atoms with E-state index in [1.807, 2.05) is 6.08 Å². The van der Waals surface area contributed by atoms with E-state index in [-0.39, 0.29) is 17.9 Å². The summed E-state index contributed by atoms with van der Waals surface area (Å²) in [6.45, 7) is 2.51. The fourth-order valence-corrected chi connectivity index (χ4v) is 2.72. The molecule has 1 aliphatic heterocycles. The van der Waals surface area contributed by atoms with Crippen molar-refractivity contribution in [2.24, 2.45) is 0 Å². The first-order valence-corrected chi connectivity index (χ1v) is 11.3. The van der Waals surface area contributed by atoms with Crippen molar-refractivity contribution >= 4 is 11.8 Å². The van der Waals surface area contributed by atoms with Crippen molar-refractivity contribution in [3.63, 3.8) is 0 Å². The molecule has 0 radical (unpaired) electrons. The number of hydrogen-bond donors (Lipinski definition) is 2. The molecule has 0 aromatic carbocycles. The first-order chi connectivity index (χ1) is 15.2. The van der Waals surface area contributed by atoms with Crippen LogP contribution in [-0.2, 0) is 14.4 Å². The number of nitrogens with one attached hydrogen (secondary N) is 2. The van der Waals surface area contributed by atoms with E-state index < -0.39 is 0 Å². The first-order valence-electron chi connectivity index (χ1n) is 11.3. The van der Waals surface area contributed by atoms with Crippen molar-refractivity contribution < 1.29 is 14.4 Å². The molecule has 1 saturated heterocycles. The molecule has 1 aliphatic rings. The van der Waals surface area contributed by atoms with Crippen LogP contribution in [0.5, 0.6) is 0 Å². The normalized spacial score (nSPS) is 17.5. The summed E-state index contributed by atoms with van der Waals surface area (Å²) in [5.41, 5.74) is 2.28. The molecule has 0 aromatic rings. The van der Waals surface area contributed by atoms with Crippen molar-refractivity contribution in [1.82, 2.24) is 10.8 Å². The highest BCUT2D eigenvalue weighted by molar-refractivity contribution is 5.78. The fourth-order valence-electron chi connectivity index (χ4n) is 2.72. The monoisotopic (exact) mass is 426 g/mol. The second kappa shape index (κ2) is 19.3. The van der Waals surface area contributed by atoms with Crippen LogP contribution < -0.4 is 10.8 Å². The maximum Gasteiger partial charge on any atom is 0.246 e. The molecule has 2 N–H and O–H groups in total. The van der Waals surface area contributed by atoms with Crippen LogP contribution in [0.2, 0.25) is 0 Å². The van der Waals surface area contributed by atoms with Gasteiger partial charge in [0.25, 0.3) is 0 Å². The van der Waals surface area contributed by atoms with E-state index in [1.165, 1.54) is 0 Å². The van der Waals surface area contributed by atoms with Crippen molar-refractivity contribution in [2.45, 2.75) is 70.8 Å². The maximum atomic E-state index is 11.7. The fraction of sp³-hybridized carbons (Fsp3) is 0.462. The Bertz CT molecular complexity index is 672.